The van der Waals surface area contributed by atoms with Crippen LogP contribution in [0.2, 0.25) is 0 Å². The molecule has 0 saturated heterocycles. The van der Waals surface area contributed by atoms with E-state index >= 15 is 0 Å². The Balaban J connectivity index is 1.45. The lowest BCUT2D eigenvalue weighted by Crippen LogP contribution is -2.23. The van der Waals surface area contributed by atoms with Crippen molar-refractivity contribution in [2.45, 2.75) is 58.8 Å². The molecule has 0 radical (unpaired) electrons. The highest BCUT2D eigenvalue weighted by Crippen LogP contribution is 2.37. The van der Waals surface area contributed by atoms with E-state index in [1.54, 1.807) is 12.1 Å². The van der Waals surface area contributed by atoms with E-state index in [0.29, 0.717) is 24.8 Å². The van der Waals surface area contributed by atoms with Crippen LogP contribution in [-0.2, 0) is 11.2 Å². The van der Waals surface area contributed by atoms with E-state index in [9.17, 15) is 31.1 Å². The Morgan fingerprint density at radius 3 is 2.09 bits per heavy atom. The van der Waals surface area contributed by atoms with Crippen molar-refractivity contribution in [2.24, 2.45) is 5.92 Å². The summed E-state index contributed by atoms with van der Waals surface area (Å²) >= 11 is 0. The number of carbonyl (C=O) groups excluding carboxylic acids is 1. The number of esters is 1. The highest BCUT2D eigenvalue weighted by molar-refractivity contribution is 5.78. The fraction of sp³-hybridized carbons (Fsp3) is 0.324. The minimum atomic E-state index is -1.53. The molecule has 1 aliphatic carbocycles. The Morgan fingerprint density at radius 2 is 1.47 bits per heavy atom. The third-order valence-electron chi connectivity index (χ3n) is 7.42. The van der Waals surface area contributed by atoms with Gasteiger partial charge in [-0.15, -0.1) is 0 Å². The molecule has 4 rings (SSSR count). The number of unbranched alkanes of at least 4 members (excludes halogenated alkanes) is 1. The molecule has 1 unspecified atom stereocenters. The summed E-state index contributed by atoms with van der Waals surface area (Å²) in [4.78, 5) is 12.8. The number of allylic oxidation sites excluding steroid dienone is 4. The Kier molecular flexibility index (Phi) is 10.7. The molecule has 0 fully saturated rings. The highest BCUT2D eigenvalue weighted by Gasteiger charge is 2.28. The maximum absolute atomic E-state index is 15.0. The normalized spacial score (nSPS) is 15.1. The smallest absolute Gasteiger partial charge is 0.314 e. The van der Waals surface area contributed by atoms with Gasteiger partial charge in [-0.1, -0.05) is 43.7 Å². The summed E-state index contributed by atoms with van der Waals surface area (Å²) in [6.45, 7) is 3.93. The van der Waals surface area contributed by atoms with Crippen LogP contribution in [-0.4, -0.2) is 12.6 Å². The zero-order valence-electron chi connectivity index (χ0n) is 23.9. The number of halogens is 6. The van der Waals surface area contributed by atoms with Gasteiger partial charge in [0.2, 0.25) is 11.6 Å². The summed E-state index contributed by atoms with van der Waals surface area (Å²) in [5, 5.41) is 0. The summed E-state index contributed by atoms with van der Waals surface area (Å²) in [6, 6.07) is 7.26. The predicted octanol–water partition coefficient (Wildman–Crippen LogP) is 9.66. The predicted molar refractivity (Wildman–Crippen MR) is 153 cm³/mol. The average molecular weight is 603 g/mol. The molecule has 43 heavy (non-hydrogen) atoms. The van der Waals surface area contributed by atoms with Gasteiger partial charge in [-0.05, 0) is 80.9 Å². The molecular formula is C34H32F6O3. The van der Waals surface area contributed by atoms with Crippen LogP contribution in [0.25, 0.3) is 16.7 Å². The van der Waals surface area contributed by atoms with E-state index in [1.807, 2.05) is 26.0 Å². The molecular weight excluding hydrogens is 570 g/mol. The Bertz CT molecular complexity index is 1550. The van der Waals surface area contributed by atoms with Gasteiger partial charge in [0.25, 0.3) is 0 Å². The second-order valence-electron chi connectivity index (χ2n) is 10.3. The van der Waals surface area contributed by atoms with Crippen molar-refractivity contribution in [3.05, 3.63) is 101 Å². The van der Waals surface area contributed by atoms with Crippen molar-refractivity contribution in [3.63, 3.8) is 0 Å². The van der Waals surface area contributed by atoms with Gasteiger partial charge in [0.1, 0.15) is 0 Å². The lowest BCUT2D eigenvalue weighted by Gasteiger charge is -2.22. The van der Waals surface area contributed by atoms with E-state index in [-0.39, 0.29) is 42.7 Å². The Hall–Kier alpha value is -4.01. The third-order valence-corrected chi connectivity index (χ3v) is 7.42. The van der Waals surface area contributed by atoms with Crippen LogP contribution in [0.1, 0.15) is 63.5 Å². The number of aryl methyl sites for hydroxylation is 1. The molecule has 0 aliphatic heterocycles. The topological polar surface area (TPSA) is 35.5 Å². The van der Waals surface area contributed by atoms with E-state index < -0.39 is 63.7 Å². The average Bonchev–Trinajstić information content (AvgIpc) is 3.00. The largest absolute Gasteiger partial charge is 0.490 e. The van der Waals surface area contributed by atoms with Gasteiger partial charge in [0.15, 0.2) is 34.8 Å². The molecule has 3 aromatic rings. The Morgan fingerprint density at radius 1 is 0.837 bits per heavy atom. The number of ether oxygens (including phenoxy) is 2. The maximum Gasteiger partial charge on any atom is 0.314 e. The summed E-state index contributed by atoms with van der Waals surface area (Å²) in [5.74, 6) is -10.2. The molecule has 0 saturated carbocycles. The summed E-state index contributed by atoms with van der Waals surface area (Å²) < 4.78 is 98.8. The van der Waals surface area contributed by atoms with Gasteiger partial charge in [0, 0.05) is 16.7 Å². The first-order valence-electron chi connectivity index (χ1n) is 14.3. The van der Waals surface area contributed by atoms with Gasteiger partial charge in [-0.3, -0.25) is 4.79 Å². The van der Waals surface area contributed by atoms with E-state index in [0.717, 1.165) is 30.7 Å². The molecule has 0 N–H and O–H groups in total. The molecule has 1 aliphatic rings. The molecule has 228 valence electrons. The van der Waals surface area contributed by atoms with Crippen molar-refractivity contribution in [1.29, 1.82) is 0 Å². The van der Waals surface area contributed by atoms with Crippen LogP contribution in [0.15, 0.2) is 54.6 Å². The number of hydrogen-bond donors (Lipinski definition) is 0. The van der Waals surface area contributed by atoms with Gasteiger partial charge in [-0.2, -0.15) is 8.78 Å². The molecule has 0 heterocycles. The quantitative estimate of drug-likeness (QED) is 0.0721. The van der Waals surface area contributed by atoms with Gasteiger partial charge >= 0.3 is 5.97 Å². The van der Waals surface area contributed by atoms with Gasteiger partial charge in [-0.25, -0.2) is 17.6 Å². The van der Waals surface area contributed by atoms with Gasteiger partial charge in [0.05, 0.1) is 12.5 Å². The molecule has 0 spiro atoms. The van der Waals surface area contributed by atoms with Crippen LogP contribution in [0.4, 0.5) is 26.3 Å². The fourth-order valence-electron chi connectivity index (χ4n) is 4.92. The van der Waals surface area contributed by atoms with Crippen LogP contribution in [0.5, 0.6) is 11.5 Å². The first-order chi connectivity index (χ1) is 20.7. The molecule has 3 aromatic carbocycles. The second-order valence-corrected chi connectivity index (χ2v) is 10.3. The molecule has 1 atom stereocenters. The number of hydrogen-bond acceptors (Lipinski definition) is 3. The van der Waals surface area contributed by atoms with Crippen LogP contribution in [0.3, 0.4) is 0 Å². The number of rotatable bonds is 11. The molecule has 0 bridgehead atoms. The van der Waals surface area contributed by atoms with Crippen LogP contribution in [0, 0.1) is 40.8 Å². The molecule has 0 aromatic heterocycles. The fourth-order valence-corrected chi connectivity index (χ4v) is 4.92. The standard InChI is InChI=1S/C34H32F6O3/c1-3-5-7-8-21-13-14-23(29(36)28(21)35)20-9-11-22(12-10-20)34(41)43-27-18-16-25(31(38)33(27)40)24-15-17-26(32(39)30(24)37)42-19-6-4-2/h3,5,9,13-18,22H,4,6-8,10-12,19H2,1-2H3. The van der Waals surface area contributed by atoms with E-state index in [2.05, 4.69) is 0 Å². The lowest BCUT2D eigenvalue weighted by molar-refractivity contribution is -0.139. The minimum absolute atomic E-state index is 0.118. The Labute approximate surface area is 246 Å². The van der Waals surface area contributed by atoms with Crippen molar-refractivity contribution in [1.82, 2.24) is 0 Å². The zero-order chi connectivity index (χ0) is 31.1. The summed E-state index contributed by atoms with van der Waals surface area (Å²) in [5.41, 5.74) is -0.140. The number of benzene rings is 3. The van der Waals surface area contributed by atoms with E-state index in [4.69, 9.17) is 9.47 Å². The van der Waals surface area contributed by atoms with Crippen molar-refractivity contribution in [3.8, 4) is 22.6 Å². The lowest BCUT2D eigenvalue weighted by atomic mass is 9.86. The first-order valence-corrected chi connectivity index (χ1v) is 14.3. The van der Waals surface area contributed by atoms with Crippen molar-refractivity contribution in [2.75, 3.05) is 6.61 Å². The maximum atomic E-state index is 15.0. The number of carbonyl (C=O) groups is 1. The molecule has 0 amide bonds. The zero-order valence-corrected chi connectivity index (χ0v) is 23.9. The highest BCUT2D eigenvalue weighted by atomic mass is 19.2. The monoisotopic (exact) mass is 602 g/mol. The summed E-state index contributed by atoms with van der Waals surface area (Å²) in [6.07, 6.45) is 8.27. The minimum Gasteiger partial charge on any atom is -0.490 e. The van der Waals surface area contributed by atoms with Crippen molar-refractivity contribution >= 4 is 11.5 Å². The third kappa shape index (κ3) is 7.14. The SMILES string of the molecule is CC=CCCc1ccc(C2=CCC(C(=O)Oc3ccc(-c4ccc(OCCCC)c(F)c4F)c(F)c3F)CC2)c(F)c1F. The van der Waals surface area contributed by atoms with E-state index in [1.165, 1.54) is 6.07 Å². The molecule has 3 nitrogen and oxygen atoms in total. The van der Waals surface area contributed by atoms with Crippen molar-refractivity contribution < 1.29 is 40.6 Å². The van der Waals surface area contributed by atoms with Crippen LogP contribution < -0.4 is 9.47 Å². The first kappa shape index (κ1) is 31.9. The summed E-state index contributed by atoms with van der Waals surface area (Å²) in [7, 11) is 0. The second kappa shape index (κ2) is 14.4. The molecule has 9 heteroatoms. The van der Waals surface area contributed by atoms with Gasteiger partial charge < -0.3 is 9.47 Å². The van der Waals surface area contributed by atoms with Crippen LogP contribution >= 0.6 is 0 Å².